The van der Waals surface area contributed by atoms with Gasteiger partial charge in [0.2, 0.25) is 0 Å². The van der Waals surface area contributed by atoms with Crippen molar-refractivity contribution in [1.29, 1.82) is 0 Å². The van der Waals surface area contributed by atoms with Crippen molar-refractivity contribution in [1.82, 2.24) is 9.88 Å². The third-order valence-corrected chi connectivity index (χ3v) is 5.54. The molecule has 161 valence electrons. The number of fused-ring (bicyclic) bond motifs is 1. The van der Waals surface area contributed by atoms with Crippen molar-refractivity contribution in [2.75, 3.05) is 7.05 Å². The van der Waals surface area contributed by atoms with E-state index in [1.807, 2.05) is 58.2 Å². The molecule has 0 unspecified atom stereocenters. The molecular formula is C28H30BN2O. The average molecular weight is 421 g/mol. The molecule has 32 heavy (non-hydrogen) atoms. The van der Waals surface area contributed by atoms with E-state index in [9.17, 15) is 4.79 Å². The minimum absolute atomic E-state index is 0.0778. The first-order chi connectivity index (χ1) is 15.1. The van der Waals surface area contributed by atoms with Crippen LogP contribution in [0.5, 0.6) is 0 Å². The molecule has 3 nitrogen and oxygen atoms in total. The second kappa shape index (κ2) is 9.91. The number of pyridine rings is 1. The van der Waals surface area contributed by atoms with Gasteiger partial charge in [0.15, 0.2) is 0 Å². The van der Waals surface area contributed by atoms with E-state index in [0.29, 0.717) is 12.1 Å². The van der Waals surface area contributed by atoms with Crippen LogP contribution in [0.25, 0.3) is 10.9 Å². The van der Waals surface area contributed by atoms with Gasteiger partial charge in [-0.25, -0.2) is 0 Å². The topological polar surface area (TPSA) is 33.2 Å². The monoisotopic (exact) mass is 421 g/mol. The van der Waals surface area contributed by atoms with Crippen LogP contribution in [-0.4, -0.2) is 35.8 Å². The van der Waals surface area contributed by atoms with Crippen LogP contribution in [0.3, 0.4) is 0 Å². The second-order valence-electron chi connectivity index (χ2n) is 8.73. The zero-order chi connectivity index (χ0) is 23.4. The summed E-state index contributed by atoms with van der Waals surface area (Å²) in [5.41, 5.74) is 8.92. The van der Waals surface area contributed by atoms with Gasteiger partial charge in [0.05, 0.1) is 5.52 Å². The number of rotatable bonds is 7. The number of likely N-dealkylation sites (N-methyl/N-ethyl adjacent to an activating group) is 1. The summed E-state index contributed by atoms with van der Waals surface area (Å²) in [6.45, 7) is 12.5. The SMILES string of the molecule is [B]=C(C)c1ccc(CN(C)C(=O)C(=C)/C=C(\C)Cc2ccc3ncc(C)cc3c2)cc1C. The van der Waals surface area contributed by atoms with Gasteiger partial charge in [-0.3, -0.25) is 4.98 Å². The Morgan fingerprint density at radius 1 is 1.09 bits per heavy atom. The van der Waals surface area contributed by atoms with Crippen LogP contribution in [0.4, 0.5) is 0 Å². The molecule has 0 saturated heterocycles. The van der Waals surface area contributed by atoms with Crippen molar-refractivity contribution >= 4 is 29.8 Å². The van der Waals surface area contributed by atoms with Gasteiger partial charge in [-0.2, -0.15) is 0 Å². The van der Waals surface area contributed by atoms with Crippen molar-refractivity contribution in [2.24, 2.45) is 0 Å². The number of hydrogen-bond acceptors (Lipinski definition) is 2. The summed E-state index contributed by atoms with van der Waals surface area (Å²) in [5, 5.41) is 1.13. The fourth-order valence-electron chi connectivity index (χ4n) is 3.99. The van der Waals surface area contributed by atoms with Crippen molar-refractivity contribution in [3.63, 3.8) is 0 Å². The fraction of sp³-hybridized carbons (Fsp3) is 0.250. The molecule has 0 fully saturated rings. The normalized spacial score (nSPS) is 11.4. The van der Waals surface area contributed by atoms with Crippen LogP contribution >= 0.6 is 0 Å². The summed E-state index contributed by atoms with van der Waals surface area (Å²) < 4.78 is 0. The van der Waals surface area contributed by atoms with E-state index < -0.39 is 0 Å². The number of amides is 1. The first-order valence-electron chi connectivity index (χ1n) is 10.8. The average Bonchev–Trinajstić information content (AvgIpc) is 2.72. The van der Waals surface area contributed by atoms with E-state index in [-0.39, 0.29) is 5.91 Å². The summed E-state index contributed by atoms with van der Waals surface area (Å²) in [7, 11) is 7.72. The maximum atomic E-state index is 12.9. The Kier molecular flexibility index (Phi) is 7.24. The van der Waals surface area contributed by atoms with Gasteiger partial charge < -0.3 is 0 Å². The van der Waals surface area contributed by atoms with E-state index in [1.54, 1.807) is 11.9 Å². The number of aromatic nitrogens is 1. The molecule has 0 N–H and O–H groups in total. The molecule has 1 radical (unpaired) electrons. The minimum atomic E-state index is -0.0778. The molecule has 0 atom stereocenters. The number of carbonyl (C=O) groups is 1. The molecule has 4 heteroatoms. The van der Waals surface area contributed by atoms with Crippen molar-refractivity contribution in [3.8, 4) is 0 Å². The van der Waals surface area contributed by atoms with Crippen LogP contribution in [-0.2, 0) is 17.8 Å². The molecule has 1 aromatic heterocycles. The molecule has 2 aromatic carbocycles. The summed E-state index contributed by atoms with van der Waals surface area (Å²) in [5.74, 6) is -0.0778. The molecule has 0 aliphatic carbocycles. The quantitative estimate of drug-likeness (QED) is 0.296. The van der Waals surface area contributed by atoms with Gasteiger partial charge in [0, 0.05) is 11.6 Å². The zero-order valence-electron chi connectivity index (χ0n) is 19.7. The summed E-state index contributed by atoms with van der Waals surface area (Å²) in [4.78, 5) is 19.0. The van der Waals surface area contributed by atoms with Crippen LogP contribution < -0.4 is 0 Å². The molecular weight excluding hydrogens is 391 g/mol. The number of benzene rings is 2. The van der Waals surface area contributed by atoms with E-state index in [2.05, 4.69) is 35.8 Å². The Morgan fingerprint density at radius 2 is 1.81 bits per heavy atom. The molecule has 0 bridgehead atoms. The van der Waals surface area contributed by atoms with Crippen molar-refractivity contribution in [2.45, 2.75) is 40.7 Å². The molecule has 0 aliphatic heterocycles. The van der Waals surface area contributed by atoms with E-state index in [4.69, 9.17) is 7.49 Å². The summed E-state index contributed by atoms with van der Waals surface area (Å²) in [6, 6.07) is 14.5. The van der Waals surface area contributed by atoms with Gasteiger partial charge in [0.1, 0.15) is 0 Å². The number of aryl methyl sites for hydroxylation is 2. The third kappa shape index (κ3) is 5.70. The van der Waals surface area contributed by atoms with Gasteiger partial charge in [0.25, 0.3) is 0 Å². The van der Waals surface area contributed by atoms with E-state index in [0.717, 1.165) is 50.6 Å². The molecule has 1 amide bonds. The number of nitrogens with zero attached hydrogens (tertiary/aromatic N) is 2. The first-order valence-corrected chi connectivity index (χ1v) is 10.8. The molecule has 3 aromatic rings. The van der Waals surface area contributed by atoms with Gasteiger partial charge in [-0.05, 0) is 36.2 Å². The van der Waals surface area contributed by atoms with Crippen molar-refractivity contribution < 1.29 is 4.79 Å². The Morgan fingerprint density at radius 3 is 2.50 bits per heavy atom. The maximum absolute atomic E-state index is 12.9. The molecule has 0 spiro atoms. The molecule has 3 rings (SSSR count). The fourth-order valence-corrected chi connectivity index (χ4v) is 3.99. The van der Waals surface area contributed by atoms with Gasteiger partial charge in [-0.1, -0.05) is 6.07 Å². The zero-order valence-corrected chi connectivity index (χ0v) is 19.7. The van der Waals surface area contributed by atoms with Crippen molar-refractivity contribution in [3.05, 3.63) is 100 Å². The van der Waals surface area contributed by atoms with Gasteiger partial charge >= 0.3 is 128 Å². The first kappa shape index (κ1) is 23.4. The Hall–Kier alpha value is -3.27. The Labute approximate surface area is 192 Å². The van der Waals surface area contributed by atoms with Crippen LogP contribution in [0.1, 0.15) is 41.7 Å². The summed E-state index contributed by atoms with van der Waals surface area (Å²) in [6.07, 6.45) is 4.53. The molecule has 1 heterocycles. The van der Waals surface area contributed by atoms with Crippen LogP contribution in [0, 0.1) is 13.8 Å². The number of allylic oxidation sites excluding steroid dienone is 1. The van der Waals surface area contributed by atoms with Crippen LogP contribution in [0.15, 0.2) is 72.5 Å². The van der Waals surface area contributed by atoms with E-state index in [1.165, 1.54) is 5.56 Å². The van der Waals surface area contributed by atoms with E-state index >= 15 is 0 Å². The Bertz CT molecular complexity index is 1240. The number of hydrogen-bond donors (Lipinski definition) is 0. The molecule has 0 aliphatic rings. The third-order valence-electron chi connectivity index (χ3n) is 5.54. The standard InChI is InChI=1S/C28H30BN2O/c1-18(12-23-8-10-27-25(15-23)13-19(2)16-30-27)11-21(4)28(32)31(6)17-24-7-9-26(22(5)29)20(3)14-24/h7-11,13-16H,4,12,17H2,1-3,5-6H3/b18-11+. The second-order valence-corrected chi connectivity index (χ2v) is 8.73. The van der Waals surface area contributed by atoms with Crippen LogP contribution in [0.2, 0.25) is 0 Å². The predicted molar refractivity (Wildman–Crippen MR) is 136 cm³/mol. The predicted octanol–water partition coefficient (Wildman–Crippen LogP) is 5.26. The van der Waals surface area contributed by atoms with Gasteiger partial charge in [-0.15, -0.1) is 0 Å². The summed E-state index contributed by atoms with van der Waals surface area (Å²) >= 11 is 0. The Balaban J connectivity index is 1.66. The molecule has 0 saturated carbocycles. The number of carbonyl (C=O) groups excluding carboxylic acids is 1.